The third kappa shape index (κ3) is 4.16. The molecule has 0 aromatic heterocycles. The fourth-order valence-corrected chi connectivity index (χ4v) is 2.01. The van der Waals surface area contributed by atoms with Crippen LogP contribution in [-0.4, -0.2) is 23.8 Å². The van der Waals surface area contributed by atoms with E-state index >= 15 is 0 Å². The topological polar surface area (TPSA) is 95.7 Å². The average molecular weight is 329 g/mol. The quantitative estimate of drug-likeness (QED) is 0.349. The van der Waals surface area contributed by atoms with Gasteiger partial charge in [0.2, 0.25) is 5.75 Å². The molecule has 7 nitrogen and oxygen atoms in total. The van der Waals surface area contributed by atoms with Crippen molar-refractivity contribution >= 4 is 17.4 Å². The van der Waals surface area contributed by atoms with E-state index in [1.165, 1.54) is 32.2 Å². The van der Waals surface area contributed by atoms with Crippen LogP contribution in [0, 0.1) is 10.1 Å². The maximum Gasteiger partial charge on any atom is 0.312 e. The molecule has 0 bridgehead atoms. The van der Waals surface area contributed by atoms with Gasteiger partial charge in [0.15, 0.2) is 5.78 Å². The van der Waals surface area contributed by atoms with Gasteiger partial charge < -0.3 is 9.47 Å². The molecular formula is C17H15NO6. The molecule has 0 amide bonds. The van der Waals surface area contributed by atoms with E-state index < -0.39 is 4.92 Å². The summed E-state index contributed by atoms with van der Waals surface area (Å²) < 4.78 is 10.1. The number of nitrogens with zero attached hydrogens (tertiary/aromatic N) is 1. The van der Waals surface area contributed by atoms with Gasteiger partial charge in [-0.15, -0.1) is 0 Å². The number of ether oxygens (including phenoxy) is 2. The molecule has 0 heterocycles. The molecule has 0 atom stereocenters. The highest BCUT2D eigenvalue weighted by Gasteiger charge is 2.18. The second-order valence-electron chi connectivity index (χ2n) is 4.99. The first-order valence-electron chi connectivity index (χ1n) is 7.03. The highest BCUT2D eigenvalue weighted by molar-refractivity contribution is 5.95. The monoisotopic (exact) mass is 329 g/mol. The summed E-state index contributed by atoms with van der Waals surface area (Å²) in [6, 6.07) is 10.6. The van der Waals surface area contributed by atoms with Crippen molar-refractivity contribution in [3.63, 3.8) is 0 Å². The zero-order valence-electron chi connectivity index (χ0n) is 13.1. The van der Waals surface area contributed by atoms with Crippen LogP contribution >= 0.6 is 0 Å². The summed E-state index contributed by atoms with van der Waals surface area (Å²) in [5.41, 5.74) is 0.680. The largest absolute Gasteiger partial charge is 0.469 e. The Balaban J connectivity index is 2.23. The molecule has 2 aromatic carbocycles. The molecule has 0 radical (unpaired) electrons. The lowest BCUT2D eigenvalue weighted by Gasteiger charge is -2.08. The van der Waals surface area contributed by atoms with Crippen molar-refractivity contribution in [3.05, 3.63) is 63.7 Å². The number of esters is 1. The fraction of sp³-hybridized carbons (Fsp3) is 0.176. The predicted molar refractivity (Wildman–Crippen MR) is 85.3 cm³/mol. The number of hydrogen-bond acceptors (Lipinski definition) is 6. The average Bonchev–Trinajstić information content (AvgIpc) is 2.56. The van der Waals surface area contributed by atoms with Crippen molar-refractivity contribution in [2.75, 3.05) is 7.11 Å². The van der Waals surface area contributed by atoms with Crippen LogP contribution in [0.3, 0.4) is 0 Å². The fourth-order valence-electron chi connectivity index (χ4n) is 2.01. The second kappa shape index (κ2) is 7.36. The van der Waals surface area contributed by atoms with Crippen LogP contribution in [0.15, 0.2) is 42.5 Å². The van der Waals surface area contributed by atoms with E-state index in [-0.39, 0.29) is 35.2 Å². The minimum Gasteiger partial charge on any atom is -0.469 e. The lowest BCUT2D eigenvalue weighted by Crippen LogP contribution is -2.04. The first kappa shape index (κ1) is 17.1. The van der Waals surface area contributed by atoms with Crippen molar-refractivity contribution in [1.29, 1.82) is 0 Å². The predicted octanol–water partition coefficient (Wildman–Crippen LogP) is 3.31. The molecule has 7 heteroatoms. The second-order valence-corrected chi connectivity index (χ2v) is 4.99. The van der Waals surface area contributed by atoms with Crippen LogP contribution in [0.4, 0.5) is 5.69 Å². The Morgan fingerprint density at radius 2 is 1.79 bits per heavy atom. The van der Waals surface area contributed by atoms with E-state index in [1.807, 2.05) is 0 Å². The maximum atomic E-state index is 11.3. The van der Waals surface area contributed by atoms with Crippen LogP contribution in [0.25, 0.3) is 0 Å². The van der Waals surface area contributed by atoms with Crippen LogP contribution in [0.2, 0.25) is 0 Å². The van der Waals surface area contributed by atoms with E-state index in [0.717, 1.165) is 5.56 Å². The summed E-state index contributed by atoms with van der Waals surface area (Å²) in [6.07, 6.45) is 0.129. The first-order valence-corrected chi connectivity index (χ1v) is 7.03. The highest BCUT2D eigenvalue weighted by atomic mass is 16.6. The van der Waals surface area contributed by atoms with E-state index in [4.69, 9.17) is 4.74 Å². The summed E-state index contributed by atoms with van der Waals surface area (Å²) in [6.45, 7) is 1.33. The molecule has 0 N–H and O–H groups in total. The minimum absolute atomic E-state index is 0.0331. The Bertz CT molecular complexity index is 782. The van der Waals surface area contributed by atoms with Crippen LogP contribution in [-0.2, 0) is 16.0 Å². The van der Waals surface area contributed by atoms with Gasteiger partial charge in [-0.1, -0.05) is 12.1 Å². The molecule has 0 saturated heterocycles. The van der Waals surface area contributed by atoms with Gasteiger partial charge in [0.25, 0.3) is 0 Å². The zero-order valence-corrected chi connectivity index (χ0v) is 13.1. The van der Waals surface area contributed by atoms with Gasteiger partial charge in [0.1, 0.15) is 5.75 Å². The summed E-state index contributed by atoms with van der Waals surface area (Å²) in [7, 11) is 1.31. The molecule has 0 aliphatic rings. The number of Topliss-reactive ketones (excluding diaryl/α,β-unsaturated/α-hetero) is 1. The molecule has 24 heavy (non-hydrogen) atoms. The van der Waals surface area contributed by atoms with E-state index in [2.05, 4.69) is 4.74 Å². The molecule has 0 aliphatic heterocycles. The van der Waals surface area contributed by atoms with Crippen molar-refractivity contribution in [1.82, 2.24) is 0 Å². The van der Waals surface area contributed by atoms with Crippen LogP contribution in [0.1, 0.15) is 22.8 Å². The van der Waals surface area contributed by atoms with Crippen molar-refractivity contribution < 1.29 is 24.0 Å². The van der Waals surface area contributed by atoms with Gasteiger partial charge in [-0.05, 0) is 36.8 Å². The Kier molecular flexibility index (Phi) is 5.26. The molecule has 2 rings (SSSR count). The maximum absolute atomic E-state index is 11.3. The van der Waals surface area contributed by atoms with Gasteiger partial charge in [-0.25, -0.2) is 0 Å². The molecule has 0 fully saturated rings. The number of carbonyl (C=O) groups excluding carboxylic acids is 2. The Morgan fingerprint density at radius 1 is 1.12 bits per heavy atom. The molecule has 124 valence electrons. The van der Waals surface area contributed by atoms with Gasteiger partial charge in [0.05, 0.1) is 18.5 Å². The van der Waals surface area contributed by atoms with E-state index in [9.17, 15) is 19.7 Å². The zero-order chi connectivity index (χ0) is 17.7. The SMILES string of the molecule is COC(=O)Cc1ccc(Oc2ccc(C(C)=O)cc2[N+](=O)[O-])cc1. The normalized spacial score (nSPS) is 10.1. The van der Waals surface area contributed by atoms with Gasteiger partial charge in [-0.3, -0.25) is 19.7 Å². The van der Waals surface area contributed by atoms with Gasteiger partial charge in [-0.2, -0.15) is 0 Å². The smallest absolute Gasteiger partial charge is 0.312 e. The molecule has 0 saturated carbocycles. The number of rotatable bonds is 6. The van der Waals surface area contributed by atoms with Crippen LogP contribution in [0.5, 0.6) is 11.5 Å². The minimum atomic E-state index is -0.604. The Morgan fingerprint density at radius 3 is 2.33 bits per heavy atom. The third-order valence-electron chi connectivity index (χ3n) is 3.29. The molecule has 2 aromatic rings. The van der Waals surface area contributed by atoms with Crippen molar-refractivity contribution in [3.8, 4) is 11.5 Å². The first-order chi connectivity index (χ1) is 11.4. The molecule has 0 spiro atoms. The summed E-state index contributed by atoms with van der Waals surface area (Å²) in [5.74, 6) is -0.219. The number of nitro groups is 1. The van der Waals surface area contributed by atoms with Gasteiger partial charge >= 0.3 is 11.7 Å². The lowest BCUT2D eigenvalue weighted by molar-refractivity contribution is -0.385. The molecular weight excluding hydrogens is 314 g/mol. The van der Waals surface area contributed by atoms with Crippen molar-refractivity contribution in [2.45, 2.75) is 13.3 Å². The van der Waals surface area contributed by atoms with Gasteiger partial charge in [0, 0.05) is 11.6 Å². The number of hydrogen-bond donors (Lipinski definition) is 0. The van der Waals surface area contributed by atoms with Crippen molar-refractivity contribution in [2.24, 2.45) is 0 Å². The number of carbonyl (C=O) groups is 2. The number of methoxy groups -OCH3 is 1. The highest BCUT2D eigenvalue weighted by Crippen LogP contribution is 2.32. The van der Waals surface area contributed by atoms with Crippen LogP contribution < -0.4 is 4.74 Å². The molecule has 0 aliphatic carbocycles. The summed E-state index contributed by atoms with van der Waals surface area (Å²) >= 11 is 0. The summed E-state index contributed by atoms with van der Waals surface area (Å²) in [4.78, 5) is 33.1. The number of ketones is 1. The molecule has 0 unspecified atom stereocenters. The summed E-state index contributed by atoms with van der Waals surface area (Å²) in [5, 5.41) is 11.2. The number of benzene rings is 2. The Labute approximate surface area is 138 Å². The third-order valence-corrected chi connectivity index (χ3v) is 3.29. The van der Waals surface area contributed by atoms with E-state index in [1.54, 1.807) is 24.3 Å². The standard InChI is InChI=1S/C17H15NO6/c1-11(19)13-5-8-16(15(10-13)18(21)22)24-14-6-3-12(4-7-14)9-17(20)23-2/h3-8,10H,9H2,1-2H3. The van der Waals surface area contributed by atoms with E-state index in [0.29, 0.717) is 5.75 Å². The lowest BCUT2D eigenvalue weighted by atomic mass is 10.1. The Hall–Kier alpha value is -3.22. The number of nitro benzene ring substituents is 1.